The number of aryl methyl sites for hydroxylation is 1. The van der Waals surface area contributed by atoms with E-state index < -0.39 is 0 Å². The van der Waals surface area contributed by atoms with Gasteiger partial charge in [0.15, 0.2) is 0 Å². The van der Waals surface area contributed by atoms with Gasteiger partial charge in [0.25, 0.3) is 5.91 Å². The van der Waals surface area contributed by atoms with Gasteiger partial charge in [0, 0.05) is 25.2 Å². The summed E-state index contributed by atoms with van der Waals surface area (Å²) >= 11 is 6.12. The molecule has 1 amide bonds. The average Bonchev–Trinajstić information content (AvgIpc) is 2.80. The number of amides is 1. The van der Waals surface area contributed by atoms with E-state index in [0.717, 1.165) is 43.5 Å². The van der Waals surface area contributed by atoms with E-state index >= 15 is 0 Å². The zero-order valence-electron chi connectivity index (χ0n) is 12.9. The van der Waals surface area contributed by atoms with Crippen molar-refractivity contribution in [1.29, 1.82) is 0 Å². The lowest BCUT2D eigenvalue weighted by Crippen LogP contribution is -2.32. The maximum atomic E-state index is 12.6. The van der Waals surface area contributed by atoms with Crippen molar-refractivity contribution in [2.45, 2.75) is 40.2 Å². The van der Waals surface area contributed by atoms with Crippen LogP contribution in [0, 0.1) is 0 Å². The number of hydrogen-bond donors (Lipinski definition) is 0. The van der Waals surface area contributed by atoms with Crippen molar-refractivity contribution in [2.75, 3.05) is 13.1 Å². The molecule has 4 nitrogen and oxygen atoms in total. The fourth-order valence-electron chi connectivity index (χ4n) is 2.57. The minimum atomic E-state index is 0.0720. The average molecular weight is 308 g/mol. The molecule has 5 heteroatoms. The Labute approximate surface area is 130 Å². The van der Waals surface area contributed by atoms with Crippen LogP contribution < -0.4 is 0 Å². The van der Waals surface area contributed by atoms with Crippen molar-refractivity contribution in [1.82, 2.24) is 14.5 Å². The van der Waals surface area contributed by atoms with E-state index in [4.69, 9.17) is 11.6 Å². The summed E-state index contributed by atoms with van der Waals surface area (Å²) in [4.78, 5) is 18.8. The van der Waals surface area contributed by atoms with Gasteiger partial charge >= 0.3 is 0 Å². The highest BCUT2D eigenvalue weighted by Crippen LogP contribution is 2.21. The van der Waals surface area contributed by atoms with Crippen molar-refractivity contribution in [2.24, 2.45) is 0 Å². The summed E-state index contributed by atoms with van der Waals surface area (Å²) in [6.45, 7) is 8.53. The van der Waals surface area contributed by atoms with Crippen LogP contribution in [0.2, 0.25) is 5.28 Å². The molecule has 1 aromatic carbocycles. The molecule has 2 aromatic rings. The van der Waals surface area contributed by atoms with E-state index in [-0.39, 0.29) is 5.91 Å². The molecule has 0 atom stereocenters. The minimum absolute atomic E-state index is 0.0720. The molecule has 0 spiro atoms. The van der Waals surface area contributed by atoms with Gasteiger partial charge in [0.05, 0.1) is 11.0 Å². The number of halogens is 1. The van der Waals surface area contributed by atoms with Crippen LogP contribution in [0.3, 0.4) is 0 Å². The Morgan fingerprint density at radius 1 is 1.24 bits per heavy atom. The number of imidazole rings is 1. The smallest absolute Gasteiger partial charge is 0.253 e. The van der Waals surface area contributed by atoms with Gasteiger partial charge in [0.2, 0.25) is 5.28 Å². The van der Waals surface area contributed by atoms with Gasteiger partial charge in [-0.3, -0.25) is 4.79 Å². The second kappa shape index (κ2) is 6.94. The molecule has 0 aliphatic heterocycles. The fraction of sp³-hybridized carbons (Fsp3) is 0.500. The number of carbonyl (C=O) groups is 1. The number of benzene rings is 1. The molecule has 0 aliphatic carbocycles. The van der Waals surface area contributed by atoms with E-state index in [2.05, 4.69) is 18.8 Å². The van der Waals surface area contributed by atoms with Crippen LogP contribution in [0.25, 0.3) is 11.0 Å². The summed E-state index contributed by atoms with van der Waals surface area (Å²) < 4.78 is 1.93. The third-order valence-corrected chi connectivity index (χ3v) is 3.83. The van der Waals surface area contributed by atoms with E-state index in [0.29, 0.717) is 10.8 Å². The van der Waals surface area contributed by atoms with Crippen LogP contribution in [0.1, 0.15) is 44.0 Å². The summed E-state index contributed by atoms with van der Waals surface area (Å²) in [5, 5.41) is 0.469. The third-order valence-electron chi connectivity index (χ3n) is 3.54. The van der Waals surface area contributed by atoms with Gasteiger partial charge < -0.3 is 9.47 Å². The van der Waals surface area contributed by atoms with Gasteiger partial charge in [-0.1, -0.05) is 13.8 Å². The van der Waals surface area contributed by atoms with Gasteiger partial charge in [-0.15, -0.1) is 0 Å². The number of hydrogen-bond acceptors (Lipinski definition) is 2. The Hall–Kier alpha value is -1.55. The van der Waals surface area contributed by atoms with Crippen molar-refractivity contribution in [3.8, 4) is 0 Å². The van der Waals surface area contributed by atoms with Crippen LogP contribution in [0.4, 0.5) is 0 Å². The fourth-order valence-corrected chi connectivity index (χ4v) is 2.87. The minimum Gasteiger partial charge on any atom is -0.339 e. The Bertz CT molecular complexity index is 630. The Kier molecular flexibility index (Phi) is 5.23. The summed E-state index contributed by atoms with van der Waals surface area (Å²) in [5.74, 6) is 0.0720. The summed E-state index contributed by atoms with van der Waals surface area (Å²) in [6, 6.07) is 5.64. The molecule has 0 saturated heterocycles. The summed E-state index contributed by atoms with van der Waals surface area (Å²) in [7, 11) is 0. The maximum absolute atomic E-state index is 12.6. The molecule has 0 unspecified atom stereocenters. The van der Waals surface area contributed by atoms with Gasteiger partial charge in [-0.05, 0) is 49.6 Å². The number of carbonyl (C=O) groups excluding carboxylic acids is 1. The van der Waals surface area contributed by atoms with E-state index in [1.807, 2.05) is 34.6 Å². The highest BCUT2D eigenvalue weighted by Gasteiger charge is 2.16. The molecule has 0 saturated carbocycles. The predicted octanol–water partition coefficient (Wildman–Crippen LogP) is 3.97. The molecule has 1 aromatic heterocycles. The van der Waals surface area contributed by atoms with E-state index in [1.165, 1.54) is 0 Å². The van der Waals surface area contributed by atoms with Gasteiger partial charge in [-0.25, -0.2) is 4.98 Å². The molecule has 0 bridgehead atoms. The van der Waals surface area contributed by atoms with Crippen LogP contribution in [-0.2, 0) is 6.54 Å². The first-order chi connectivity index (χ1) is 10.1. The molecule has 0 N–H and O–H groups in total. The zero-order chi connectivity index (χ0) is 15.4. The van der Waals surface area contributed by atoms with E-state index in [1.54, 1.807) is 0 Å². The normalized spacial score (nSPS) is 11.0. The number of rotatable bonds is 6. The largest absolute Gasteiger partial charge is 0.339 e. The highest BCUT2D eigenvalue weighted by molar-refractivity contribution is 6.29. The van der Waals surface area contributed by atoms with Crippen LogP contribution in [-0.4, -0.2) is 33.4 Å². The molecule has 2 rings (SSSR count). The third kappa shape index (κ3) is 3.21. The molecule has 0 aliphatic rings. The van der Waals surface area contributed by atoms with Gasteiger partial charge in [-0.2, -0.15) is 0 Å². The van der Waals surface area contributed by atoms with Crippen molar-refractivity contribution in [3.05, 3.63) is 29.0 Å². The molecular weight excluding hydrogens is 286 g/mol. The predicted molar refractivity (Wildman–Crippen MR) is 86.9 cm³/mol. The van der Waals surface area contributed by atoms with Crippen molar-refractivity contribution >= 4 is 28.5 Å². The molecular formula is C16H22ClN3O. The Balaban J connectivity index is 2.35. The standard InChI is InChI=1S/C16H22ClN3O/c1-4-9-19(10-5-2)15(21)12-7-8-14-13(11-12)18-16(17)20(14)6-3/h7-8,11H,4-6,9-10H2,1-3H3. The SMILES string of the molecule is CCCN(CCC)C(=O)c1ccc2c(c1)nc(Cl)n2CC. The monoisotopic (exact) mass is 307 g/mol. The first-order valence-electron chi connectivity index (χ1n) is 7.57. The first-order valence-corrected chi connectivity index (χ1v) is 7.95. The molecule has 0 radical (unpaired) electrons. The second-order valence-corrected chi connectivity index (χ2v) is 5.46. The lowest BCUT2D eigenvalue weighted by Gasteiger charge is -2.21. The molecule has 1 heterocycles. The van der Waals surface area contributed by atoms with Crippen LogP contribution in [0.15, 0.2) is 18.2 Å². The summed E-state index contributed by atoms with van der Waals surface area (Å²) in [5.41, 5.74) is 2.43. The number of fused-ring (bicyclic) bond motifs is 1. The number of aromatic nitrogens is 2. The van der Waals surface area contributed by atoms with Gasteiger partial charge in [0.1, 0.15) is 0 Å². The first kappa shape index (κ1) is 15.8. The second-order valence-electron chi connectivity index (χ2n) is 5.12. The summed E-state index contributed by atoms with van der Waals surface area (Å²) in [6.07, 6.45) is 1.93. The maximum Gasteiger partial charge on any atom is 0.253 e. The quantitative estimate of drug-likeness (QED) is 0.810. The lowest BCUT2D eigenvalue weighted by atomic mass is 10.1. The highest BCUT2D eigenvalue weighted by atomic mass is 35.5. The molecule has 114 valence electrons. The Morgan fingerprint density at radius 2 is 1.90 bits per heavy atom. The number of nitrogens with zero attached hydrogens (tertiary/aromatic N) is 3. The molecule has 0 fully saturated rings. The van der Waals surface area contributed by atoms with Crippen molar-refractivity contribution < 1.29 is 4.79 Å². The van der Waals surface area contributed by atoms with Crippen LogP contribution in [0.5, 0.6) is 0 Å². The molecule has 21 heavy (non-hydrogen) atoms. The topological polar surface area (TPSA) is 38.1 Å². The zero-order valence-corrected chi connectivity index (χ0v) is 13.7. The Morgan fingerprint density at radius 3 is 2.48 bits per heavy atom. The van der Waals surface area contributed by atoms with Crippen molar-refractivity contribution in [3.63, 3.8) is 0 Å². The van der Waals surface area contributed by atoms with E-state index in [9.17, 15) is 4.79 Å². The van der Waals surface area contributed by atoms with Crippen LogP contribution >= 0.6 is 11.6 Å². The lowest BCUT2D eigenvalue weighted by molar-refractivity contribution is 0.0755.